The van der Waals surface area contributed by atoms with Gasteiger partial charge in [0.15, 0.2) is 11.2 Å². The third-order valence-electron chi connectivity index (χ3n) is 14.4. The first-order valence-electron chi connectivity index (χ1n) is 27.8. The van der Waals surface area contributed by atoms with Crippen LogP contribution in [0.3, 0.4) is 0 Å². The molecule has 2 saturated heterocycles. The number of amides is 1. The number of carbonyl (C=O) groups is 1. The van der Waals surface area contributed by atoms with Crippen molar-refractivity contribution < 1.29 is 64.8 Å². The Morgan fingerprint density at radius 1 is 0.719 bits per heavy atom. The van der Waals surface area contributed by atoms with Gasteiger partial charge in [0.2, 0.25) is 11.9 Å². The van der Waals surface area contributed by atoms with Gasteiger partial charge in [-0.15, -0.1) is 0 Å². The average Bonchev–Trinajstić information content (AvgIpc) is 2.30. The first-order valence-corrected chi connectivity index (χ1v) is 31.5. The number of aromatic nitrogens is 6. The highest BCUT2D eigenvalue weighted by Crippen LogP contribution is 2.57. The van der Waals surface area contributed by atoms with E-state index >= 15 is 4.57 Å². The summed E-state index contributed by atoms with van der Waals surface area (Å²) in [7, 11) is -6.77. The van der Waals surface area contributed by atoms with E-state index < -0.39 is 100.0 Å². The van der Waals surface area contributed by atoms with Crippen LogP contribution in [0.15, 0.2) is 154 Å². The molecule has 3 N–H and O–H groups in total. The number of rotatable bonds is 26. The molecule has 0 spiro atoms. The lowest BCUT2D eigenvalue weighted by atomic mass is 9.80. The molecular formula is C60H60Cl2N8O17P2. The highest BCUT2D eigenvalue weighted by atomic mass is 35.5. The second-order valence-corrected chi connectivity index (χ2v) is 24.7. The van der Waals surface area contributed by atoms with Crippen molar-refractivity contribution in [2.45, 2.75) is 82.5 Å². The second kappa shape index (κ2) is 27.8. The first kappa shape index (κ1) is 64.0. The monoisotopic (exact) mass is 1300 g/mol. The molecule has 2 fully saturated rings. The fourth-order valence-electron chi connectivity index (χ4n) is 9.91. The zero-order valence-corrected chi connectivity index (χ0v) is 51.7. The summed E-state index contributed by atoms with van der Waals surface area (Å²) in [6.07, 6.45) is -5.83. The number of hydrogen-bond acceptors (Lipinski definition) is 20. The van der Waals surface area contributed by atoms with Gasteiger partial charge in [-0.1, -0.05) is 91.6 Å². The average molecular weight is 1300 g/mol. The van der Waals surface area contributed by atoms with Crippen molar-refractivity contribution in [1.82, 2.24) is 29.1 Å². The molecule has 3 aromatic heterocycles. The lowest BCUT2D eigenvalue weighted by Crippen LogP contribution is -2.38. The number of carbonyl (C=O) groups excluding carboxylic acids is 1. The largest absolute Gasteiger partial charge is 0.530 e. The minimum atomic E-state index is -5.10. The third kappa shape index (κ3) is 14.9. The Bertz CT molecular complexity index is 4070. The molecule has 10 rings (SSSR count). The number of imidazole rings is 1. The number of halogens is 2. The Kier molecular flexibility index (Phi) is 20.0. The molecule has 8 atom stereocenters. The summed E-state index contributed by atoms with van der Waals surface area (Å²) in [6.45, 7) is 3.33. The van der Waals surface area contributed by atoms with Crippen LogP contribution in [-0.4, -0.2) is 93.4 Å². The van der Waals surface area contributed by atoms with E-state index in [1.807, 2.05) is 60.7 Å². The van der Waals surface area contributed by atoms with Gasteiger partial charge in [-0.3, -0.25) is 56.9 Å². The van der Waals surface area contributed by atoms with Crippen LogP contribution in [0.4, 0.5) is 5.95 Å². The number of nitrogens with zero attached hydrogens (tertiary/aromatic N) is 5. The number of anilines is 1. The number of aryl methyl sites for hydroxylation is 1. The van der Waals surface area contributed by atoms with E-state index in [0.29, 0.717) is 38.2 Å². The quantitative estimate of drug-likeness (QED) is 0.0258. The lowest BCUT2D eigenvalue weighted by Gasteiger charge is -2.37. The number of hydrogen-bond donors (Lipinski definition) is 3. The fraction of sp³-hybridized carbons (Fsp3) is 0.317. The molecule has 466 valence electrons. The van der Waals surface area contributed by atoms with Gasteiger partial charge < -0.3 is 32.7 Å². The fourth-order valence-corrected chi connectivity index (χ4v) is 13.0. The summed E-state index contributed by atoms with van der Waals surface area (Å²) in [6, 6.07) is 37.5. The van der Waals surface area contributed by atoms with Crippen molar-refractivity contribution in [3.63, 3.8) is 0 Å². The highest BCUT2D eigenvalue weighted by Gasteiger charge is 2.50. The molecule has 2 aliphatic rings. The van der Waals surface area contributed by atoms with Crippen LogP contribution in [0.25, 0.3) is 11.2 Å². The molecule has 25 nitrogen and oxygen atoms in total. The molecule has 29 heteroatoms. The minimum Gasteiger partial charge on any atom is -0.497 e. The number of phosphoric ester groups is 2. The number of ether oxygens (including phenoxy) is 5. The van der Waals surface area contributed by atoms with E-state index in [9.17, 15) is 29.0 Å². The normalized spacial score (nSPS) is 19.7. The summed E-state index contributed by atoms with van der Waals surface area (Å²) in [5.74, 6) is 0.00776. The van der Waals surface area contributed by atoms with Crippen LogP contribution < -0.4 is 40.6 Å². The van der Waals surface area contributed by atoms with Gasteiger partial charge in [-0.2, -0.15) is 10.2 Å². The highest BCUT2D eigenvalue weighted by molar-refractivity contribution is 7.49. The molecule has 5 aromatic carbocycles. The van der Waals surface area contributed by atoms with Crippen molar-refractivity contribution in [3.8, 4) is 29.1 Å². The maximum atomic E-state index is 16.0. The smallest absolute Gasteiger partial charge is 0.497 e. The zero-order chi connectivity index (χ0) is 63.0. The Morgan fingerprint density at radius 3 is 1.78 bits per heavy atom. The lowest BCUT2D eigenvalue weighted by molar-refractivity contribution is -0.118. The first-order chi connectivity index (χ1) is 42.8. The Labute approximate surface area is 518 Å². The molecule has 0 aliphatic carbocycles. The van der Waals surface area contributed by atoms with Crippen molar-refractivity contribution >= 4 is 61.9 Å². The van der Waals surface area contributed by atoms with E-state index in [0.717, 1.165) is 0 Å². The molecule has 5 heterocycles. The van der Waals surface area contributed by atoms with Gasteiger partial charge in [0.05, 0.1) is 52.9 Å². The Balaban J connectivity index is 1.04. The van der Waals surface area contributed by atoms with Crippen LogP contribution in [0.2, 0.25) is 10.0 Å². The maximum absolute atomic E-state index is 16.0. The molecule has 1 amide bonds. The van der Waals surface area contributed by atoms with Gasteiger partial charge in [-0.25, -0.2) is 18.9 Å². The predicted molar refractivity (Wildman–Crippen MR) is 324 cm³/mol. The number of aromatic amines is 2. The van der Waals surface area contributed by atoms with Gasteiger partial charge in [0.1, 0.15) is 65.5 Å². The number of fused-ring (bicyclic) bond motifs is 1. The standard InChI is InChI=1S/C60H60Cl2N8O17P2/c1-36(2)55(71)66-58-65-54-53(57(73)67-58)64-35-70(54)52-31-48(86-88(75,80-29-9-28-63)84-45-24-16-41(61)17-25-45)50(83-52)34-81-89(76,85-46-26-18-42(62)19-27-46)87-47-30-51(69-32-37(3)56(72)68-59(69)74)82-49(47)33-79-60(38-10-7-6-8-11-38,39-12-20-43(77-4)21-13-39)40-14-22-44(78-5)23-15-40/h6-8,10-27,32,35-36,47-52H,9,29-31,33-34H2,1-5H3,(H,68,72,74)(H2,65,66,67,71,73)/t47-,48-,49+,50+,51+,52+,88?,89?/m0/s1. The summed E-state index contributed by atoms with van der Waals surface area (Å²) in [5, 5.41) is 12.7. The number of phosphoric acid groups is 2. The predicted octanol–water partition coefficient (Wildman–Crippen LogP) is 10.6. The molecule has 89 heavy (non-hydrogen) atoms. The molecule has 0 bridgehead atoms. The van der Waals surface area contributed by atoms with Crippen molar-refractivity contribution in [2.75, 3.05) is 39.4 Å². The van der Waals surface area contributed by atoms with Crippen LogP contribution in [0.1, 0.15) is 67.8 Å². The molecular weight excluding hydrogens is 1240 g/mol. The third-order valence-corrected chi connectivity index (χ3v) is 17.8. The maximum Gasteiger partial charge on any atom is 0.530 e. The van der Waals surface area contributed by atoms with E-state index in [-0.39, 0.29) is 60.0 Å². The Morgan fingerprint density at radius 2 is 1.24 bits per heavy atom. The van der Waals surface area contributed by atoms with Crippen LogP contribution in [-0.2, 0) is 51.8 Å². The molecule has 0 radical (unpaired) electrons. The summed E-state index contributed by atoms with van der Waals surface area (Å²) in [5.41, 5.74) is -1.55. The number of nitrogens with one attached hydrogen (secondary N) is 3. The number of nitriles is 1. The van der Waals surface area contributed by atoms with Gasteiger partial charge in [-0.05, 0) is 96.4 Å². The number of benzene rings is 5. The van der Waals surface area contributed by atoms with E-state index in [1.54, 1.807) is 52.3 Å². The minimum absolute atomic E-state index is 0.0103. The van der Waals surface area contributed by atoms with Gasteiger partial charge >= 0.3 is 21.3 Å². The van der Waals surface area contributed by atoms with Crippen molar-refractivity contribution in [1.29, 1.82) is 5.26 Å². The van der Waals surface area contributed by atoms with Crippen LogP contribution >= 0.6 is 38.8 Å². The molecule has 8 aromatic rings. The molecule has 0 saturated carbocycles. The zero-order valence-electron chi connectivity index (χ0n) is 48.4. The SMILES string of the molecule is COc1ccc(C(OC[C@H]2O[C@@H](n3cc(C)c(=O)[nH]c3=O)C[C@@H]2OP(=O)(OC[C@H]2O[C@@H](n3cnc4c(=O)[nH]c(NC(=O)C(C)C)nc43)C[C@@H]2OP(=O)(OCCC#N)Oc2ccc(Cl)cc2)Oc2ccc(Cl)cc2)(c2ccccc2)c2ccc(OC)cc2)cc1. The van der Waals surface area contributed by atoms with E-state index in [4.69, 9.17) is 74.0 Å². The van der Waals surface area contributed by atoms with E-state index in [1.165, 1.54) is 77.1 Å². The van der Waals surface area contributed by atoms with Crippen LogP contribution in [0.5, 0.6) is 23.0 Å². The van der Waals surface area contributed by atoms with Crippen molar-refractivity contribution in [2.24, 2.45) is 5.92 Å². The summed E-state index contributed by atoms with van der Waals surface area (Å²) < 4.78 is 102. The van der Waals surface area contributed by atoms with Crippen molar-refractivity contribution in [3.05, 3.63) is 203 Å². The number of H-pyrrole nitrogens is 2. The summed E-state index contributed by atoms with van der Waals surface area (Å²) >= 11 is 12.5. The molecule has 2 aliphatic heterocycles. The van der Waals surface area contributed by atoms with Gasteiger partial charge in [0.25, 0.3) is 11.1 Å². The molecule has 2 unspecified atom stereocenters. The van der Waals surface area contributed by atoms with Gasteiger partial charge in [0, 0.05) is 40.6 Å². The Hall–Kier alpha value is -7.95. The second-order valence-electron chi connectivity index (χ2n) is 20.7. The topological polar surface area (TPSA) is 307 Å². The van der Waals surface area contributed by atoms with Crippen LogP contribution in [0, 0.1) is 24.2 Å². The van der Waals surface area contributed by atoms with E-state index in [2.05, 4.69) is 25.3 Å². The summed E-state index contributed by atoms with van der Waals surface area (Å²) in [4.78, 5) is 66.2. The number of methoxy groups -OCH3 is 2.